The first-order chi connectivity index (χ1) is 14.3. The number of aliphatic hydroxyl groups excluding tert-OH is 1. The highest BCUT2D eigenvalue weighted by Gasteiger charge is 2.44. The fraction of sp³-hybridized carbons (Fsp3) is 0.810. The Bertz CT molecular complexity index is 712. The first kappa shape index (κ1) is 31.7. The van der Waals surface area contributed by atoms with Crippen molar-refractivity contribution < 1.29 is 26.7 Å². The summed E-state index contributed by atoms with van der Waals surface area (Å²) >= 11 is 0. The SMILES string of the molecule is C=C(F)C(CO)N(C(C[Si](C)(C)OC(C)C)C(=C)F)[S@@](=O)C(C)(C)CN[S@@](=O)C(C)(C)C. The van der Waals surface area contributed by atoms with Crippen LogP contribution in [0.15, 0.2) is 24.8 Å². The van der Waals surface area contributed by atoms with Gasteiger partial charge in [-0.2, -0.15) is 0 Å². The van der Waals surface area contributed by atoms with Gasteiger partial charge in [-0.15, -0.1) is 0 Å². The van der Waals surface area contributed by atoms with Crippen molar-refractivity contribution in [2.45, 2.75) is 95.3 Å². The molecule has 0 aromatic heterocycles. The molecule has 0 bridgehead atoms. The van der Waals surface area contributed by atoms with Crippen LogP contribution in [0.2, 0.25) is 19.1 Å². The summed E-state index contributed by atoms with van der Waals surface area (Å²) in [6, 6.07) is -2.41. The summed E-state index contributed by atoms with van der Waals surface area (Å²) in [5.41, 5.74) is 0. The second-order valence-electron chi connectivity index (χ2n) is 10.3. The van der Waals surface area contributed by atoms with Crippen molar-refractivity contribution in [3.8, 4) is 0 Å². The van der Waals surface area contributed by atoms with E-state index in [1.54, 1.807) is 34.6 Å². The molecule has 0 aromatic rings. The monoisotopic (exact) mass is 516 g/mol. The molecule has 0 aliphatic carbocycles. The van der Waals surface area contributed by atoms with Gasteiger partial charge in [0.25, 0.3) is 0 Å². The maximum Gasteiger partial charge on any atom is 0.189 e. The summed E-state index contributed by atoms with van der Waals surface area (Å²) in [4.78, 5) is 0. The van der Waals surface area contributed by atoms with Crippen LogP contribution in [-0.4, -0.2) is 67.0 Å². The zero-order valence-electron chi connectivity index (χ0n) is 21.0. The minimum absolute atomic E-state index is 0.0473. The topological polar surface area (TPSA) is 78.9 Å². The van der Waals surface area contributed by atoms with E-state index in [-0.39, 0.29) is 18.7 Å². The van der Waals surface area contributed by atoms with Gasteiger partial charge in [0.1, 0.15) is 22.6 Å². The summed E-state index contributed by atoms with van der Waals surface area (Å²) < 4.78 is 63.6. The fourth-order valence-electron chi connectivity index (χ4n) is 3.06. The van der Waals surface area contributed by atoms with Crippen molar-refractivity contribution in [2.24, 2.45) is 0 Å². The van der Waals surface area contributed by atoms with E-state index in [1.165, 1.54) is 0 Å². The lowest BCUT2D eigenvalue weighted by Crippen LogP contribution is -2.56. The standard InChI is InChI=1S/C21H42F2N2O4S2Si/c1-15(2)29-32(10,11)13-19(17(4)23)25(18(12-26)16(3)22)31(28)21(8,9)14-24-30(27)20(5,6)7/h15,18-19,24,26H,3-4,12-14H2,1-2,5-11H3/t18?,19?,30-,31-/m0/s1. The number of hydrogen-bond acceptors (Lipinski definition) is 4. The van der Waals surface area contributed by atoms with E-state index in [9.17, 15) is 22.3 Å². The maximum atomic E-state index is 14.8. The van der Waals surface area contributed by atoms with E-state index in [2.05, 4.69) is 17.9 Å². The van der Waals surface area contributed by atoms with Crippen molar-refractivity contribution >= 4 is 30.3 Å². The number of hydrogen-bond donors (Lipinski definition) is 2. The van der Waals surface area contributed by atoms with Gasteiger partial charge < -0.3 is 9.53 Å². The third-order valence-corrected chi connectivity index (χ3v) is 10.6. The van der Waals surface area contributed by atoms with Gasteiger partial charge in [-0.3, -0.25) is 0 Å². The molecule has 0 saturated carbocycles. The van der Waals surface area contributed by atoms with Gasteiger partial charge in [-0.05, 0) is 67.6 Å². The highest BCUT2D eigenvalue weighted by atomic mass is 32.2. The van der Waals surface area contributed by atoms with E-state index in [1.807, 2.05) is 26.9 Å². The smallest absolute Gasteiger partial charge is 0.189 e. The molecule has 0 amide bonds. The normalized spacial score (nSPS) is 17.3. The summed E-state index contributed by atoms with van der Waals surface area (Å²) in [5, 5.41) is 9.87. The first-order valence-corrected chi connectivity index (χ1v) is 16.0. The van der Waals surface area contributed by atoms with Crippen LogP contribution in [0, 0.1) is 0 Å². The Morgan fingerprint density at radius 1 is 1.09 bits per heavy atom. The van der Waals surface area contributed by atoms with E-state index < -0.39 is 70.1 Å². The molecule has 190 valence electrons. The molecule has 0 heterocycles. The lowest BCUT2D eigenvalue weighted by atomic mass is 10.2. The average Bonchev–Trinajstić information content (AvgIpc) is 2.59. The third kappa shape index (κ3) is 9.90. The third-order valence-electron chi connectivity index (χ3n) is 4.60. The van der Waals surface area contributed by atoms with Crippen molar-refractivity contribution in [2.75, 3.05) is 13.2 Å². The molecule has 0 radical (unpaired) electrons. The van der Waals surface area contributed by atoms with Gasteiger partial charge >= 0.3 is 0 Å². The summed E-state index contributed by atoms with van der Waals surface area (Å²) in [7, 11) is -5.93. The fourth-order valence-corrected chi connectivity index (χ4v) is 8.53. The molecule has 0 rings (SSSR count). The van der Waals surface area contributed by atoms with E-state index in [0.29, 0.717) is 0 Å². The van der Waals surface area contributed by atoms with Crippen molar-refractivity contribution in [3.63, 3.8) is 0 Å². The average molecular weight is 517 g/mol. The molecule has 0 fully saturated rings. The summed E-state index contributed by atoms with van der Waals surface area (Å²) in [5.74, 6) is -1.73. The minimum Gasteiger partial charge on any atom is -0.415 e. The molecule has 11 heteroatoms. The molecule has 2 N–H and O–H groups in total. The largest absolute Gasteiger partial charge is 0.415 e. The van der Waals surface area contributed by atoms with E-state index in [0.717, 1.165) is 4.31 Å². The molecule has 6 nitrogen and oxygen atoms in total. The molecule has 4 atom stereocenters. The van der Waals surface area contributed by atoms with Crippen LogP contribution in [0.5, 0.6) is 0 Å². The van der Waals surface area contributed by atoms with Crippen molar-refractivity contribution in [1.29, 1.82) is 0 Å². The Kier molecular flexibility index (Phi) is 12.3. The van der Waals surface area contributed by atoms with Crippen LogP contribution in [0.4, 0.5) is 8.78 Å². The van der Waals surface area contributed by atoms with Crippen LogP contribution in [0.3, 0.4) is 0 Å². The first-order valence-electron chi connectivity index (χ1n) is 10.6. The number of aliphatic hydroxyl groups is 1. The Morgan fingerprint density at radius 3 is 1.91 bits per heavy atom. The number of nitrogens with zero attached hydrogens (tertiary/aromatic N) is 1. The highest BCUT2D eigenvalue weighted by Crippen LogP contribution is 2.32. The number of rotatable bonds is 14. The molecular weight excluding hydrogens is 474 g/mol. The molecule has 0 saturated heterocycles. The molecule has 0 aliphatic rings. The highest BCUT2D eigenvalue weighted by molar-refractivity contribution is 7.85. The van der Waals surface area contributed by atoms with E-state index >= 15 is 0 Å². The van der Waals surface area contributed by atoms with Crippen LogP contribution in [0.25, 0.3) is 0 Å². The minimum atomic E-state index is -2.49. The van der Waals surface area contributed by atoms with Crippen molar-refractivity contribution in [3.05, 3.63) is 24.8 Å². The van der Waals surface area contributed by atoms with Gasteiger partial charge in [0.2, 0.25) is 0 Å². The lowest BCUT2D eigenvalue weighted by molar-refractivity contribution is 0.167. The predicted molar refractivity (Wildman–Crippen MR) is 134 cm³/mol. The zero-order valence-corrected chi connectivity index (χ0v) is 23.6. The second-order valence-corrected chi connectivity index (χ2v) is 18.5. The Hall–Kier alpha value is -0.303. The molecular formula is C21H42F2N2O4S2Si. The number of halogens is 2. The molecule has 32 heavy (non-hydrogen) atoms. The predicted octanol–water partition coefficient (Wildman–Crippen LogP) is 4.11. The van der Waals surface area contributed by atoms with Gasteiger partial charge in [-0.25, -0.2) is 26.2 Å². The maximum absolute atomic E-state index is 14.8. The summed E-state index contributed by atoms with van der Waals surface area (Å²) in [6.45, 7) is 22.2. The van der Waals surface area contributed by atoms with Crippen LogP contribution in [-0.2, 0) is 26.4 Å². The lowest BCUT2D eigenvalue weighted by Gasteiger charge is -2.41. The zero-order chi connectivity index (χ0) is 25.7. The van der Waals surface area contributed by atoms with Gasteiger partial charge in [0.15, 0.2) is 8.32 Å². The molecule has 0 spiro atoms. The molecule has 0 aromatic carbocycles. The Morgan fingerprint density at radius 2 is 1.56 bits per heavy atom. The number of nitrogens with one attached hydrogen (secondary N) is 1. The van der Waals surface area contributed by atoms with E-state index in [4.69, 9.17) is 4.43 Å². The van der Waals surface area contributed by atoms with Gasteiger partial charge in [0, 0.05) is 12.6 Å². The van der Waals surface area contributed by atoms with Gasteiger partial charge in [0.05, 0.1) is 39.2 Å². The quantitative estimate of drug-likeness (QED) is 0.341. The molecule has 2 unspecified atom stereocenters. The second kappa shape index (κ2) is 12.4. The Labute approximate surface area is 199 Å². The Balaban J connectivity index is 6.19. The molecule has 0 aliphatic heterocycles. The van der Waals surface area contributed by atoms with Crippen LogP contribution >= 0.6 is 0 Å². The van der Waals surface area contributed by atoms with Gasteiger partial charge in [-0.1, -0.05) is 13.2 Å². The summed E-state index contributed by atoms with van der Waals surface area (Å²) in [6.07, 6.45) is -0.0954. The van der Waals surface area contributed by atoms with Crippen LogP contribution < -0.4 is 4.72 Å². The van der Waals surface area contributed by atoms with Crippen LogP contribution in [0.1, 0.15) is 48.5 Å². The van der Waals surface area contributed by atoms with Crippen molar-refractivity contribution in [1.82, 2.24) is 9.03 Å².